The van der Waals surface area contributed by atoms with Crippen molar-refractivity contribution in [2.75, 3.05) is 6.61 Å². The molecule has 0 aromatic heterocycles. The number of aldehydes is 1. The fraction of sp³-hybridized carbons (Fsp3) is 0.522. The van der Waals surface area contributed by atoms with E-state index >= 15 is 0 Å². The summed E-state index contributed by atoms with van der Waals surface area (Å²) in [5.41, 5.74) is 4.67. The summed E-state index contributed by atoms with van der Waals surface area (Å²) >= 11 is 0. The average Bonchev–Trinajstić information content (AvgIpc) is 2.55. The highest BCUT2D eigenvalue weighted by Crippen LogP contribution is 2.48. The molecule has 0 aliphatic heterocycles. The van der Waals surface area contributed by atoms with Crippen molar-refractivity contribution in [3.05, 3.63) is 40.7 Å². The number of rotatable bonds is 5. The summed E-state index contributed by atoms with van der Waals surface area (Å²) in [5, 5.41) is 0. The molecule has 2 nitrogen and oxygen atoms in total. The van der Waals surface area contributed by atoms with Gasteiger partial charge in [-0.3, -0.25) is 4.79 Å². The molecule has 1 aliphatic carbocycles. The number of allylic oxidation sites excluding steroid dienone is 4. The molecule has 26 heavy (non-hydrogen) atoms. The molecule has 0 atom stereocenters. The van der Waals surface area contributed by atoms with Gasteiger partial charge in [0.15, 0.2) is 12.1 Å². The van der Waals surface area contributed by atoms with Crippen LogP contribution in [-0.4, -0.2) is 12.9 Å². The van der Waals surface area contributed by atoms with E-state index in [2.05, 4.69) is 46.8 Å². The summed E-state index contributed by atoms with van der Waals surface area (Å²) in [6, 6.07) is 4.08. The van der Waals surface area contributed by atoms with Crippen LogP contribution in [0.2, 0.25) is 0 Å². The van der Waals surface area contributed by atoms with Gasteiger partial charge in [0.25, 0.3) is 0 Å². The Hall–Kier alpha value is -1.90. The highest BCUT2D eigenvalue weighted by molar-refractivity contribution is 5.89. The molecule has 0 unspecified atom stereocenters. The number of fused-ring (bicyclic) bond motifs is 1. The van der Waals surface area contributed by atoms with Crippen molar-refractivity contribution in [2.45, 2.75) is 66.7 Å². The zero-order valence-electron chi connectivity index (χ0n) is 17.1. The van der Waals surface area contributed by atoms with Gasteiger partial charge in [0.2, 0.25) is 0 Å². The second-order valence-electron chi connectivity index (χ2n) is 8.58. The van der Waals surface area contributed by atoms with Crippen molar-refractivity contribution >= 4 is 17.4 Å². The molecule has 142 valence electrons. The Labute approximate surface area is 157 Å². The van der Waals surface area contributed by atoms with Gasteiger partial charge in [0, 0.05) is 11.1 Å². The van der Waals surface area contributed by atoms with Crippen molar-refractivity contribution in [3.8, 4) is 5.75 Å². The maximum atomic E-state index is 14.3. The average molecular weight is 358 g/mol. The summed E-state index contributed by atoms with van der Waals surface area (Å²) in [6.45, 7) is 15.3. The molecule has 0 spiro atoms. The molecule has 0 heterocycles. The number of carbonyl (C=O) groups is 1. The fourth-order valence-corrected chi connectivity index (χ4v) is 3.72. The minimum Gasteiger partial charge on any atom is -0.493 e. The van der Waals surface area contributed by atoms with Crippen LogP contribution in [0.25, 0.3) is 11.1 Å². The number of carbonyl (C=O) groups excluding carboxylic acids is 1. The third-order valence-electron chi connectivity index (χ3n) is 5.13. The summed E-state index contributed by atoms with van der Waals surface area (Å²) in [4.78, 5) is 11.1. The fourth-order valence-electron chi connectivity index (χ4n) is 3.72. The lowest BCUT2D eigenvalue weighted by atomic mass is 9.67. The van der Waals surface area contributed by atoms with Gasteiger partial charge in [0.05, 0.1) is 6.61 Å². The van der Waals surface area contributed by atoms with E-state index in [4.69, 9.17) is 4.74 Å². The molecule has 0 fully saturated rings. The van der Waals surface area contributed by atoms with Crippen LogP contribution in [-0.2, 0) is 10.2 Å². The van der Waals surface area contributed by atoms with Crippen LogP contribution in [0, 0.1) is 5.41 Å². The number of benzene rings is 1. The van der Waals surface area contributed by atoms with E-state index in [1.807, 2.05) is 19.9 Å². The Morgan fingerprint density at radius 2 is 1.92 bits per heavy atom. The zero-order chi connectivity index (χ0) is 19.7. The Kier molecular flexibility index (Phi) is 5.79. The highest BCUT2D eigenvalue weighted by atomic mass is 19.1. The Balaban J connectivity index is 2.85. The van der Waals surface area contributed by atoms with E-state index < -0.39 is 5.83 Å². The maximum absolute atomic E-state index is 14.3. The van der Waals surface area contributed by atoms with Crippen molar-refractivity contribution in [1.82, 2.24) is 0 Å². The summed E-state index contributed by atoms with van der Waals surface area (Å²) < 4.78 is 20.1. The van der Waals surface area contributed by atoms with E-state index in [0.29, 0.717) is 36.2 Å². The first-order valence-corrected chi connectivity index (χ1v) is 9.43. The lowest BCUT2D eigenvalue weighted by Crippen LogP contribution is -2.25. The van der Waals surface area contributed by atoms with Crippen LogP contribution in [0.3, 0.4) is 0 Å². The third-order valence-corrected chi connectivity index (χ3v) is 5.13. The number of halogens is 1. The monoisotopic (exact) mass is 358 g/mol. The molecule has 0 saturated heterocycles. The zero-order valence-corrected chi connectivity index (χ0v) is 17.1. The Morgan fingerprint density at radius 1 is 1.27 bits per heavy atom. The van der Waals surface area contributed by atoms with Crippen LogP contribution in [0.15, 0.2) is 24.0 Å². The van der Waals surface area contributed by atoms with Crippen molar-refractivity contribution < 1.29 is 13.9 Å². The first-order valence-electron chi connectivity index (χ1n) is 9.43. The van der Waals surface area contributed by atoms with Gasteiger partial charge in [0.1, 0.15) is 5.75 Å². The van der Waals surface area contributed by atoms with Gasteiger partial charge in [-0.15, -0.1) is 0 Å². The summed E-state index contributed by atoms with van der Waals surface area (Å²) in [6.07, 6.45) is 3.98. The normalized spacial score (nSPS) is 17.2. The second-order valence-corrected chi connectivity index (χ2v) is 8.58. The molecule has 0 bridgehead atoms. The lowest BCUT2D eigenvalue weighted by Gasteiger charge is -2.37. The van der Waals surface area contributed by atoms with Crippen LogP contribution in [0.4, 0.5) is 4.39 Å². The largest absolute Gasteiger partial charge is 0.493 e. The van der Waals surface area contributed by atoms with Crippen LogP contribution in [0.1, 0.15) is 78.0 Å². The molecule has 0 radical (unpaired) electrons. The molecule has 0 saturated carbocycles. The highest BCUT2D eigenvalue weighted by Gasteiger charge is 2.34. The molecule has 1 aromatic rings. The third kappa shape index (κ3) is 3.77. The molecule has 2 rings (SSSR count). The predicted molar refractivity (Wildman–Crippen MR) is 107 cm³/mol. The molecular weight excluding hydrogens is 327 g/mol. The van der Waals surface area contributed by atoms with E-state index in [-0.39, 0.29) is 10.8 Å². The minimum atomic E-state index is -0.718. The van der Waals surface area contributed by atoms with Gasteiger partial charge in [-0.2, -0.15) is 0 Å². The molecule has 0 amide bonds. The van der Waals surface area contributed by atoms with Crippen LogP contribution in [0.5, 0.6) is 5.75 Å². The molecule has 1 aromatic carbocycles. The summed E-state index contributed by atoms with van der Waals surface area (Å²) in [5.74, 6) is -0.0619. The van der Waals surface area contributed by atoms with E-state index in [9.17, 15) is 9.18 Å². The van der Waals surface area contributed by atoms with Crippen molar-refractivity contribution in [3.63, 3.8) is 0 Å². The molecule has 3 heteroatoms. The Bertz CT molecular complexity index is 761. The van der Waals surface area contributed by atoms with Crippen LogP contribution < -0.4 is 4.74 Å². The van der Waals surface area contributed by atoms with Gasteiger partial charge < -0.3 is 4.74 Å². The standard InChI is InChI=1S/C23H31FO2/c1-8-15(20(24)14-25)16-12-17-18(22(3,4)5)10-11-23(6,7)19(17)13-21(16)26-9-2/h10,12-14H,8-9,11H2,1-7H3. The lowest BCUT2D eigenvalue weighted by molar-refractivity contribution is -0.106. The SMILES string of the molecule is CCOc1cc2c(cc1C(CC)=C(F)C=O)C(C(C)(C)C)=CCC2(C)C. The first kappa shape index (κ1) is 20.4. The van der Waals surface area contributed by atoms with Gasteiger partial charge in [-0.05, 0) is 59.4 Å². The van der Waals surface area contributed by atoms with Crippen molar-refractivity contribution in [2.24, 2.45) is 5.41 Å². The minimum absolute atomic E-state index is 0.0189. The van der Waals surface area contributed by atoms with E-state index in [0.717, 1.165) is 12.0 Å². The first-order chi connectivity index (χ1) is 12.1. The van der Waals surface area contributed by atoms with Gasteiger partial charge in [-0.1, -0.05) is 47.6 Å². The second kappa shape index (κ2) is 7.38. The molecule has 1 aliphatic rings. The molecular formula is C23H31FO2. The number of hydrogen-bond donors (Lipinski definition) is 0. The quantitative estimate of drug-likeness (QED) is 0.444. The topological polar surface area (TPSA) is 26.3 Å². The van der Waals surface area contributed by atoms with Gasteiger partial charge in [-0.25, -0.2) is 4.39 Å². The van der Waals surface area contributed by atoms with E-state index in [1.165, 1.54) is 11.1 Å². The Morgan fingerprint density at radius 3 is 2.42 bits per heavy atom. The maximum Gasteiger partial charge on any atom is 0.178 e. The predicted octanol–water partition coefficient (Wildman–Crippen LogP) is 6.49. The number of hydrogen-bond acceptors (Lipinski definition) is 2. The molecule has 0 N–H and O–H groups in total. The van der Waals surface area contributed by atoms with Gasteiger partial charge >= 0.3 is 0 Å². The van der Waals surface area contributed by atoms with Crippen molar-refractivity contribution in [1.29, 1.82) is 0 Å². The van der Waals surface area contributed by atoms with E-state index in [1.54, 1.807) is 0 Å². The number of ether oxygens (including phenoxy) is 1. The summed E-state index contributed by atoms with van der Waals surface area (Å²) in [7, 11) is 0. The van der Waals surface area contributed by atoms with Crippen LogP contribution >= 0.6 is 0 Å². The smallest absolute Gasteiger partial charge is 0.178 e.